The maximum Gasteiger partial charge on any atom is 0.329 e. The van der Waals surface area contributed by atoms with E-state index in [9.17, 15) is 14.4 Å². The molecular formula is C9H9N5O3. The number of hydrogen-bond acceptors (Lipinski definition) is 4. The number of aryl methyl sites for hydroxylation is 1. The zero-order valence-electron chi connectivity index (χ0n) is 8.85. The maximum absolute atomic E-state index is 11.4. The SMILES string of the molecule is Cn1c(=O)[nH]c(=O)c2[nH]c(C=CC(N)=O)nc21. The molecule has 0 spiro atoms. The van der Waals surface area contributed by atoms with Crippen molar-refractivity contribution in [2.24, 2.45) is 12.8 Å². The molecule has 8 heteroatoms. The summed E-state index contributed by atoms with van der Waals surface area (Å²) in [6, 6.07) is 0. The van der Waals surface area contributed by atoms with Gasteiger partial charge in [-0.25, -0.2) is 9.78 Å². The third-order valence-corrected chi connectivity index (χ3v) is 2.18. The van der Waals surface area contributed by atoms with E-state index in [1.807, 2.05) is 0 Å². The van der Waals surface area contributed by atoms with E-state index in [-0.39, 0.29) is 17.0 Å². The Morgan fingerprint density at radius 3 is 2.76 bits per heavy atom. The van der Waals surface area contributed by atoms with Gasteiger partial charge in [0.15, 0.2) is 5.65 Å². The third kappa shape index (κ3) is 1.87. The summed E-state index contributed by atoms with van der Waals surface area (Å²) in [5, 5.41) is 0. The van der Waals surface area contributed by atoms with E-state index in [2.05, 4.69) is 15.0 Å². The van der Waals surface area contributed by atoms with Crippen LogP contribution in [0, 0.1) is 0 Å². The van der Waals surface area contributed by atoms with Gasteiger partial charge < -0.3 is 10.7 Å². The number of imidazole rings is 1. The quantitative estimate of drug-likeness (QED) is 0.544. The van der Waals surface area contributed by atoms with Gasteiger partial charge in [0.05, 0.1) is 0 Å². The largest absolute Gasteiger partial charge is 0.366 e. The van der Waals surface area contributed by atoms with Crippen LogP contribution in [0.5, 0.6) is 0 Å². The number of carbonyl (C=O) groups excluding carboxylic acids is 1. The van der Waals surface area contributed by atoms with E-state index < -0.39 is 17.2 Å². The lowest BCUT2D eigenvalue weighted by Crippen LogP contribution is -2.28. The molecule has 0 radical (unpaired) electrons. The highest BCUT2D eigenvalue weighted by atomic mass is 16.2. The second-order valence-corrected chi connectivity index (χ2v) is 3.37. The van der Waals surface area contributed by atoms with Gasteiger partial charge in [-0.15, -0.1) is 0 Å². The number of nitrogens with two attached hydrogens (primary N) is 1. The van der Waals surface area contributed by atoms with Crippen LogP contribution in [-0.4, -0.2) is 25.4 Å². The average molecular weight is 235 g/mol. The van der Waals surface area contributed by atoms with Crippen molar-refractivity contribution < 1.29 is 4.79 Å². The van der Waals surface area contributed by atoms with Crippen molar-refractivity contribution in [1.29, 1.82) is 0 Å². The molecular weight excluding hydrogens is 226 g/mol. The molecule has 88 valence electrons. The predicted octanol–water partition coefficient (Wildman–Crippen LogP) is -1.55. The second-order valence-electron chi connectivity index (χ2n) is 3.37. The highest BCUT2D eigenvalue weighted by molar-refractivity contribution is 5.90. The number of primary amides is 1. The summed E-state index contributed by atoms with van der Waals surface area (Å²) in [5.41, 5.74) is 4.19. The Morgan fingerprint density at radius 1 is 1.41 bits per heavy atom. The Balaban J connectivity index is 2.70. The summed E-state index contributed by atoms with van der Waals surface area (Å²) < 4.78 is 1.19. The van der Waals surface area contributed by atoms with Crippen molar-refractivity contribution in [1.82, 2.24) is 19.5 Å². The van der Waals surface area contributed by atoms with Crippen LogP contribution >= 0.6 is 0 Å². The van der Waals surface area contributed by atoms with Crippen molar-refractivity contribution in [2.45, 2.75) is 0 Å². The molecule has 0 aliphatic heterocycles. The van der Waals surface area contributed by atoms with Gasteiger partial charge in [0, 0.05) is 13.1 Å². The lowest BCUT2D eigenvalue weighted by molar-refractivity contribution is -0.113. The van der Waals surface area contributed by atoms with E-state index in [0.29, 0.717) is 0 Å². The molecule has 1 amide bonds. The zero-order chi connectivity index (χ0) is 12.6. The van der Waals surface area contributed by atoms with Crippen LogP contribution in [0.15, 0.2) is 15.7 Å². The fourth-order valence-corrected chi connectivity index (χ4v) is 1.36. The van der Waals surface area contributed by atoms with Crippen molar-refractivity contribution in [3.05, 3.63) is 32.7 Å². The van der Waals surface area contributed by atoms with Gasteiger partial charge in [0.2, 0.25) is 5.91 Å². The molecule has 0 fully saturated rings. The molecule has 4 N–H and O–H groups in total. The minimum Gasteiger partial charge on any atom is -0.366 e. The first-order chi connectivity index (χ1) is 7.99. The summed E-state index contributed by atoms with van der Waals surface area (Å²) in [7, 11) is 1.48. The van der Waals surface area contributed by atoms with Gasteiger partial charge in [-0.2, -0.15) is 0 Å². The van der Waals surface area contributed by atoms with Gasteiger partial charge >= 0.3 is 5.69 Å². The zero-order valence-corrected chi connectivity index (χ0v) is 8.85. The minimum atomic E-state index is -0.631. The molecule has 0 unspecified atom stereocenters. The highest BCUT2D eigenvalue weighted by Crippen LogP contribution is 2.04. The first-order valence-corrected chi connectivity index (χ1v) is 4.65. The van der Waals surface area contributed by atoms with Crippen LogP contribution in [0.1, 0.15) is 5.82 Å². The number of nitrogens with one attached hydrogen (secondary N) is 2. The van der Waals surface area contributed by atoms with Crippen LogP contribution in [0.2, 0.25) is 0 Å². The van der Waals surface area contributed by atoms with Crippen molar-refractivity contribution in [2.75, 3.05) is 0 Å². The lowest BCUT2D eigenvalue weighted by atomic mass is 10.4. The molecule has 0 aromatic carbocycles. The van der Waals surface area contributed by atoms with Gasteiger partial charge in [-0.05, 0) is 6.08 Å². The Labute approximate surface area is 93.8 Å². The van der Waals surface area contributed by atoms with Crippen LogP contribution < -0.4 is 17.0 Å². The summed E-state index contributed by atoms with van der Waals surface area (Å²) in [6.07, 6.45) is 2.43. The molecule has 0 bridgehead atoms. The molecule has 8 nitrogen and oxygen atoms in total. The first kappa shape index (κ1) is 10.9. The molecule has 2 aromatic rings. The Bertz CT molecular complexity index is 733. The fraction of sp³-hybridized carbons (Fsp3) is 0.111. The second kappa shape index (κ2) is 3.74. The van der Waals surface area contributed by atoms with Crippen LogP contribution in [0.25, 0.3) is 17.2 Å². The van der Waals surface area contributed by atoms with Crippen LogP contribution in [0.3, 0.4) is 0 Å². The number of H-pyrrole nitrogens is 2. The number of hydrogen-bond donors (Lipinski definition) is 3. The number of aromatic nitrogens is 4. The van der Waals surface area contributed by atoms with Crippen molar-refractivity contribution >= 4 is 23.1 Å². The Morgan fingerprint density at radius 2 is 2.12 bits per heavy atom. The van der Waals surface area contributed by atoms with Crippen molar-refractivity contribution in [3.63, 3.8) is 0 Å². The van der Waals surface area contributed by atoms with Crippen LogP contribution in [0.4, 0.5) is 0 Å². The van der Waals surface area contributed by atoms with E-state index in [4.69, 9.17) is 5.73 Å². The van der Waals surface area contributed by atoms with E-state index in [0.717, 1.165) is 6.08 Å². The maximum atomic E-state index is 11.4. The number of amides is 1. The average Bonchev–Trinajstić information content (AvgIpc) is 2.68. The normalized spacial score (nSPS) is 11.4. The Kier molecular flexibility index (Phi) is 2.39. The monoisotopic (exact) mass is 235 g/mol. The molecule has 2 heterocycles. The van der Waals surface area contributed by atoms with Crippen molar-refractivity contribution in [3.8, 4) is 0 Å². The lowest BCUT2D eigenvalue weighted by Gasteiger charge is -1.94. The summed E-state index contributed by atoms with van der Waals surface area (Å²) in [5.74, 6) is -0.362. The van der Waals surface area contributed by atoms with Gasteiger partial charge in [0.1, 0.15) is 11.3 Å². The predicted molar refractivity (Wildman–Crippen MR) is 60.2 cm³/mol. The molecule has 0 aliphatic carbocycles. The molecule has 0 aliphatic rings. The fourth-order valence-electron chi connectivity index (χ4n) is 1.36. The topological polar surface area (TPSA) is 127 Å². The molecule has 2 aromatic heterocycles. The third-order valence-electron chi connectivity index (χ3n) is 2.18. The number of rotatable bonds is 2. The number of aromatic amines is 2. The molecule has 0 saturated heterocycles. The van der Waals surface area contributed by atoms with E-state index >= 15 is 0 Å². The van der Waals surface area contributed by atoms with E-state index in [1.54, 1.807) is 0 Å². The van der Waals surface area contributed by atoms with Gasteiger partial charge in [-0.3, -0.25) is 19.1 Å². The van der Waals surface area contributed by atoms with Crippen LogP contribution in [-0.2, 0) is 11.8 Å². The first-order valence-electron chi connectivity index (χ1n) is 4.65. The molecule has 17 heavy (non-hydrogen) atoms. The summed E-state index contributed by atoms with van der Waals surface area (Å²) in [6.45, 7) is 0. The van der Waals surface area contributed by atoms with Gasteiger partial charge in [-0.1, -0.05) is 0 Å². The van der Waals surface area contributed by atoms with Gasteiger partial charge in [0.25, 0.3) is 5.56 Å². The standard InChI is InChI=1S/C9H9N5O3/c1-14-7-6(8(16)13-9(14)17)11-5(12-7)3-2-4(10)15/h2-3H,1H3,(H2,10,15)(H,11,12)(H,13,16,17). The van der Waals surface area contributed by atoms with E-state index in [1.165, 1.54) is 17.7 Å². The minimum absolute atomic E-state index is 0.163. The Hall–Kier alpha value is -2.64. The summed E-state index contributed by atoms with van der Waals surface area (Å²) in [4.78, 5) is 42.1. The number of carbonyl (C=O) groups is 1. The number of fused-ring (bicyclic) bond motifs is 1. The molecule has 0 atom stereocenters. The molecule has 0 saturated carbocycles. The molecule has 2 rings (SSSR count). The summed E-state index contributed by atoms with van der Waals surface area (Å²) >= 11 is 0. The highest BCUT2D eigenvalue weighted by Gasteiger charge is 2.08. The number of nitrogens with zero attached hydrogens (tertiary/aromatic N) is 2. The smallest absolute Gasteiger partial charge is 0.329 e.